The molecule has 0 aliphatic heterocycles. The molecule has 1 N–H and O–H groups in total. The lowest BCUT2D eigenvalue weighted by Crippen LogP contribution is -2.29. The molecule has 23 heavy (non-hydrogen) atoms. The monoisotopic (exact) mass is 331 g/mol. The molecule has 0 saturated carbocycles. The van der Waals surface area contributed by atoms with E-state index in [4.69, 9.17) is 4.74 Å². The number of ether oxygens (including phenoxy) is 1. The zero-order valence-corrected chi connectivity index (χ0v) is 14.4. The molecular weight excluding hydrogens is 310 g/mol. The molecule has 0 bridgehead atoms. The predicted octanol–water partition coefficient (Wildman–Crippen LogP) is 3.28. The van der Waals surface area contributed by atoms with Crippen molar-refractivity contribution in [3.63, 3.8) is 0 Å². The first-order chi connectivity index (χ1) is 11.0. The number of benzene rings is 2. The van der Waals surface area contributed by atoms with Crippen molar-refractivity contribution in [2.45, 2.75) is 24.9 Å². The fraction of sp³-hybridized carbons (Fsp3) is 0.278. The SMILES string of the molecule is COc1ccccc1NC(=O)[C@@H](C)[S@](=O)Cc1cccc(C)c1. The van der Waals surface area contributed by atoms with Gasteiger partial charge in [0, 0.05) is 16.6 Å². The summed E-state index contributed by atoms with van der Waals surface area (Å²) in [5, 5.41) is 2.17. The third-order valence-electron chi connectivity index (χ3n) is 3.52. The molecule has 0 radical (unpaired) electrons. The molecule has 122 valence electrons. The van der Waals surface area contributed by atoms with Crippen LogP contribution in [-0.2, 0) is 21.3 Å². The van der Waals surface area contributed by atoms with Crippen LogP contribution in [0, 0.1) is 6.92 Å². The number of nitrogens with one attached hydrogen (secondary N) is 1. The Labute approximate surface area is 139 Å². The summed E-state index contributed by atoms with van der Waals surface area (Å²) in [6.07, 6.45) is 0. The zero-order chi connectivity index (χ0) is 16.8. The van der Waals surface area contributed by atoms with Gasteiger partial charge in [-0.05, 0) is 31.5 Å². The molecular formula is C18H21NO3S. The van der Waals surface area contributed by atoms with E-state index in [0.717, 1.165) is 11.1 Å². The average molecular weight is 331 g/mol. The van der Waals surface area contributed by atoms with Crippen LogP contribution in [0.2, 0.25) is 0 Å². The Morgan fingerprint density at radius 2 is 1.96 bits per heavy atom. The van der Waals surface area contributed by atoms with Crippen molar-refractivity contribution >= 4 is 22.4 Å². The number of carbonyl (C=O) groups excluding carboxylic acids is 1. The van der Waals surface area contributed by atoms with Gasteiger partial charge in [0.15, 0.2) is 0 Å². The fourth-order valence-electron chi connectivity index (χ4n) is 2.19. The van der Waals surface area contributed by atoms with Crippen LogP contribution in [0.1, 0.15) is 18.1 Å². The maximum absolute atomic E-state index is 12.4. The maximum atomic E-state index is 12.4. The molecule has 2 aromatic carbocycles. The minimum absolute atomic E-state index is 0.277. The summed E-state index contributed by atoms with van der Waals surface area (Å²) in [5.41, 5.74) is 2.67. The molecule has 5 heteroatoms. The molecule has 0 spiro atoms. The number of aryl methyl sites for hydroxylation is 1. The lowest BCUT2D eigenvalue weighted by molar-refractivity contribution is -0.115. The summed E-state index contributed by atoms with van der Waals surface area (Å²) >= 11 is 0. The van der Waals surface area contributed by atoms with Crippen LogP contribution in [0.25, 0.3) is 0 Å². The number of amides is 1. The van der Waals surface area contributed by atoms with Crippen molar-refractivity contribution in [2.24, 2.45) is 0 Å². The normalized spacial score (nSPS) is 13.2. The molecule has 0 unspecified atom stereocenters. The van der Waals surface area contributed by atoms with Crippen molar-refractivity contribution in [3.8, 4) is 5.75 Å². The second-order valence-corrected chi connectivity index (χ2v) is 7.10. The predicted molar refractivity (Wildman–Crippen MR) is 94.1 cm³/mol. The smallest absolute Gasteiger partial charge is 0.239 e. The highest BCUT2D eigenvalue weighted by atomic mass is 32.2. The molecule has 2 rings (SSSR count). The van der Waals surface area contributed by atoms with E-state index in [0.29, 0.717) is 17.2 Å². The first kappa shape index (κ1) is 17.2. The van der Waals surface area contributed by atoms with Crippen LogP contribution in [-0.4, -0.2) is 22.5 Å². The highest BCUT2D eigenvalue weighted by Gasteiger charge is 2.21. The van der Waals surface area contributed by atoms with Crippen molar-refractivity contribution in [3.05, 3.63) is 59.7 Å². The van der Waals surface area contributed by atoms with E-state index in [1.807, 2.05) is 43.3 Å². The molecule has 2 aromatic rings. The number of methoxy groups -OCH3 is 1. The Balaban J connectivity index is 2.02. The van der Waals surface area contributed by atoms with Crippen LogP contribution in [0.15, 0.2) is 48.5 Å². The summed E-state index contributed by atoms with van der Waals surface area (Å²) in [7, 11) is 0.257. The second-order valence-electron chi connectivity index (χ2n) is 5.35. The van der Waals surface area contributed by atoms with Crippen molar-refractivity contribution in [1.82, 2.24) is 0 Å². The minimum atomic E-state index is -1.29. The second kappa shape index (κ2) is 7.92. The number of carbonyl (C=O) groups is 1. The summed E-state index contributed by atoms with van der Waals surface area (Å²) in [5.74, 6) is 0.667. The molecule has 0 saturated heterocycles. The van der Waals surface area contributed by atoms with Gasteiger partial charge in [-0.3, -0.25) is 9.00 Å². The first-order valence-electron chi connectivity index (χ1n) is 7.38. The molecule has 0 aliphatic carbocycles. The Bertz CT molecular complexity index is 715. The van der Waals surface area contributed by atoms with Crippen molar-refractivity contribution in [2.75, 3.05) is 12.4 Å². The summed E-state index contributed by atoms with van der Waals surface area (Å²) < 4.78 is 17.6. The molecule has 0 aliphatic rings. The molecule has 0 heterocycles. The van der Waals surface area contributed by atoms with Gasteiger partial charge in [0.25, 0.3) is 0 Å². The average Bonchev–Trinajstić information content (AvgIpc) is 2.54. The van der Waals surface area contributed by atoms with E-state index in [9.17, 15) is 9.00 Å². The van der Waals surface area contributed by atoms with Crippen LogP contribution >= 0.6 is 0 Å². The zero-order valence-electron chi connectivity index (χ0n) is 13.5. The first-order valence-corrected chi connectivity index (χ1v) is 8.76. The van der Waals surface area contributed by atoms with E-state index in [-0.39, 0.29) is 5.91 Å². The van der Waals surface area contributed by atoms with Gasteiger partial charge in [-0.1, -0.05) is 42.0 Å². The number of rotatable bonds is 6. The molecule has 0 aromatic heterocycles. The Morgan fingerprint density at radius 1 is 1.22 bits per heavy atom. The molecule has 0 fully saturated rings. The summed E-state index contributed by atoms with van der Waals surface area (Å²) in [6, 6.07) is 15.0. The van der Waals surface area contributed by atoms with E-state index < -0.39 is 16.0 Å². The van der Waals surface area contributed by atoms with E-state index in [1.165, 1.54) is 0 Å². The number of hydrogen-bond acceptors (Lipinski definition) is 3. The number of hydrogen-bond donors (Lipinski definition) is 1. The minimum Gasteiger partial charge on any atom is -0.495 e. The van der Waals surface area contributed by atoms with Gasteiger partial charge < -0.3 is 10.1 Å². The van der Waals surface area contributed by atoms with E-state index in [1.54, 1.807) is 26.2 Å². The van der Waals surface area contributed by atoms with Gasteiger partial charge in [-0.15, -0.1) is 0 Å². The van der Waals surface area contributed by atoms with Crippen molar-refractivity contribution in [1.29, 1.82) is 0 Å². The van der Waals surface area contributed by atoms with Gasteiger partial charge in [-0.25, -0.2) is 0 Å². The third kappa shape index (κ3) is 4.66. The fourth-order valence-corrected chi connectivity index (χ4v) is 3.25. The molecule has 4 nitrogen and oxygen atoms in total. The Hall–Kier alpha value is -2.14. The van der Waals surface area contributed by atoms with E-state index in [2.05, 4.69) is 5.32 Å². The van der Waals surface area contributed by atoms with Gasteiger partial charge in [-0.2, -0.15) is 0 Å². The molecule has 2 atom stereocenters. The topological polar surface area (TPSA) is 55.4 Å². The quantitative estimate of drug-likeness (QED) is 0.884. The Morgan fingerprint density at radius 3 is 2.65 bits per heavy atom. The summed E-state index contributed by atoms with van der Waals surface area (Å²) in [4.78, 5) is 12.3. The number of para-hydroxylation sites is 2. The van der Waals surface area contributed by atoms with E-state index >= 15 is 0 Å². The highest BCUT2D eigenvalue weighted by Crippen LogP contribution is 2.23. The third-order valence-corrected chi connectivity index (χ3v) is 5.14. The van der Waals surface area contributed by atoms with Crippen LogP contribution < -0.4 is 10.1 Å². The van der Waals surface area contributed by atoms with Gasteiger partial charge >= 0.3 is 0 Å². The number of anilines is 1. The maximum Gasteiger partial charge on any atom is 0.239 e. The highest BCUT2D eigenvalue weighted by molar-refractivity contribution is 7.85. The van der Waals surface area contributed by atoms with Gasteiger partial charge in [0.1, 0.15) is 11.0 Å². The largest absolute Gasteiger partial charge is 0.495 e. The van der Waals surface area contributed by atoms with Gasteiger partial charge in [0.05, 0.1) is 12.8 Å². The summed E-state index contributed by atoms with van der Waals surface area (Å²) in [6.45, 7) is 3.67. The van der Waals surface area contributed by atoms with Crippen LogP contribution in [0.5, 0.6) is 5.75 Å². The van der Waals surface area contributed by atoms with Crippen LogP contribution in [0.4, 0.5) is 5.69 Å². The molecule has 1 amide bonds. The van der Waals surface area contributed by atoms with Crippen molar-refractivity contribution < 1.29 is 13.7 Å². The lowest BCUT2D eigenvalue weighted by atomic mass is 10.2. The lowest BCUT2D eigenvalue weighted by Gasteiger charge is -2.14. The standard InChI is InChI=1S/C18H21NO3S/c1-13-7-6-8-15(11-13)12-23(21)14(2)18(20)19-16-9-4-5-10-17(16)22-3/h4-11,14H,12H2,1-3H3,(H,19,20)/t14-,23-/m1/s1. The van der Waals surface area contributed by atoms with Crippen LogP contribution in [0.3, 0.4) is 0 Å². The Kier molecular flexibility index (Phi) is 5.93. The van der Waals surface area contributed by atoms with Gasteiger partial charge in [0.2, 0.25) is 5.91 Å².